The molecule has 0 saturated carbocycles. The van der Waals surface area contributed by atoms with Gasteiger partial charge in [0.1, 0.15) is 0 Å². The minimum atomic E-state index is 0.280. The number of rotatable bonds is 7. The van der Waals surface area contributed by atoms with Gasteiger partial charge in [0, 0.05) is 12.6 Å². The molecule has 0 atom stereocenters. The summed E-state index contributed by atoms with van der Waals surface area (Å²) in [5.41, 5.74) is 0. The highest BCUT2D eigenvalue weighted by Crippen LogP contribution is 2.08. The molecule has 0 unspecified atom stereocenters. The van der Waals surface area contributed by atoms with E-state index in [0.29, 0.717) is 6.04 Å². The van der Waals surface area contributed by atoms with Crippen LogP contribution in [0.2, 0.25) is 0 Å². The molecule has 1 N–H and O–H groups in total. The standard InChI is InChI=1S/C12H26N2O/c1-12(2)14(10-11-15)9-5-8-13-6-3-4-7-13/h12,15H,3-11H2,1-2H3. The normalized spacial score (nSPS) is 18.2. The summed E-state index contributed by atoms with van der Waals surface area (Å²) >= 11 is 0. The predicted molar refractivity (Wildman–Crippen MR) is 64.1 cm³/mol. The third-order valence-electron chi connectivity index (χ3n) is 3.24. The van der Waals surface area contributed by atoms with E-state index in [1.165, 1.54) is 38.9 Å². The van der Waals surface area contributed by atoms with Gasteiger partial charge in [-0.25, -0.2) is 0 Å². The fourth-order valence-electron chi connectivity index (χ4n) is 2.26. The van der Waals surface area contributed by atoms with Crippen molar-refractivity contribution >= 4 is 0 Å². The first-order valence-electron chi connectivity index (χ1n) is 6.31. The van der Waals surface area contributed by atoms with Crippen LogP contribution in [0, 0.1) is 0 Å². The van der Waals surface area contributed by atoms with Crippen LogP contribution in [0.15, 0.2) is 0 Å². The Morgan fingerprint density at radius 1 is 1.20 bits per heavy atom. The maximum absolute atomic E-state index is 8.94. The van der Waals surface area contributed by atoms with Gasteiger partial charge in [0.25, 0.3) is 0 Å². The molecule has 1 heterocycles. The van der Waals surface area contributed by atoms with Gasteiger partial charge in [-0.2, -0.15) is 0 Å². The van der Waals surface area contributed by atoms with E-state index in [9.17, 15) is 0 Å². The molecule has 0 aliphatic carbocycles. The van der Waals surface area contributed by atoms with Crippen molar-refractivity contribution in [3.05, 3.63) is 0 Å². The molecule has 0 spiro atoms. The van der Waals surface area contributed by atoms with Crippen molar-refractivity contribution in [2.45, 2.75) is 39.2 Å². The average Bonchev–Trinajstić information content (AvgIpc) is 2.69. The van der Waals surface area contributed by atoms with Crippen molar-refractivity contribution in [3.8, 4) is 0 Å². The summed E-state index contributed by atoms with van der Waals surface area (Å²) < 4.78 is 0. The SMILES string of the molecule is CC(C)N(CCO)CCCN1CCCC1. The summed E-state index contributed by atoms with van der Waals surface area (Å²) in [4.78, 5) is 4.91. The van der Waals surface area contributed by atoms with Crippen LogP contribution in [0.25, 0.3) is 0 Å². The van der Waals surface area contributed by atoms with Crippen molar-refractivity contribution in [2.24, 2.45) is 0 Å². The second-order valence-electron chi connectivity index (χ2n) is 4.76. The Hall–Kier alpha value is -0.120. The molecule has 3 nitrogen and oxygen atoms in total. The molecule has 1 rings (SSSR count). The minimum absolute atomic E-state index is 0.280. The van der Waals surface area contributed by atoms with Crippen LogP contribution in [-0.4, -0.2) is 60.3 Å². The van der Waals surface area contributed by atoms with E-state index < -0.39 is 0 Å². The lowest BCUT2D eigenvalue weighted by Crippen LogP contribution is -2.36. The summed E-state index contributed by atoms with van der Waals surface area (Å²) in [7, 11) is 0. The first-order chi connectivity index (χ1) is 7.24. The number of aliphatic hydroxyl groups excluding tert-OH is 1. The van der Waals surface area contributed by atoms with Crippen LogP contribution in [-0.2, 0) is 0 Å². The first-order valence-corrected chi connectivity index (χ1v) is 6.31. The van der Waals surface area contributed by atoms with Gasteiger partial charge in [-0.1, -0.05) is 0 Å². The monoisotopic (exact) mass is 214 g/mol. The van der Waals surface area contributed by atoms with Crippen molar-refractivity contribution in [1.82, 2.24) is 9.80 Å². The molecule has 0 aromatic rings. The minimum Gasteiger partial charge on any atom is -0.395 e. The molecule has 90 valence electrons. The Morgan fingerprint density at radius 3 is 2.40 bits per heavy atom. The molecule has 1 fully saturated rings. The number of hydrogen-bond acceptors (Lipinski definition) is 3. The van der Waals surface area contributed by atoms with Crippen LogP contribution in [0.1, 0.15) is 33.1 Å². The molecule has 0 radical (unpaired) electrons. The fourth-order valence-corrected chi connectivity index (χ4v) is 2.26. The zero-order chi connectivity index (χ0) is 11.1. The van der Waals surface area contributed by atoms with E-state index in [4.69, 9.17) is 5.11 Å². The lowest BCUT2D eigenvalue weighted by molar-refractivity contribution is 0.158. The number of nitrogens with zero attached hydrogens (tertiary/aromatic N) is 2. The second-order valence-corrected chi connectivity index (χ2v) is 4.76. The molecule has 1 aliphatic rings. The first kappa shape index (κ1) is 12.9. The van der Waals surface area contributed by atoms with E-state index in [1.54, 1.807) is 0 Å². The van der Waals surface area contributed by atoms with Crippen LogP contribution >= 0.6 is 0 Å². The highest BCUT2D eigenvalue weighted by Gasteiger charge is 2.12. The second kappa shape index (κ2) is 7.20. The Labute approximate surface area is 94.1 Å². The molecule has 1 saturated heterocycles. The van der Waals surface area contributed by atoms with Gasteiger partial charge in [-0.3, -0.25) is 4.90 Å². The van der Waals surface area contributed by atoms with Gasteiger partial charge < -0.3 is 10.0 Å². The Balaban J connectivity index is 2.09. The Kier molecular flexibility index (Phi) is 6.22. The highest BCUT2D eigenvalue weighted by atomic mass is 16.3. The topological polar surface area (TPSA) is 26.7 Å². The summed E-state index contributed by atoms with van der Waals surface area (Å²) in [6.07, 6.45) is 3.99. The van der Waals surface area contributed by atoms with Crippen molar-refractivity contribution in [3.63, 3.8) is 0 Å². The zero-order valence-corrected chi connectivity index (χ0v) is 10.3. The molecular formula is C12H26N2O. The van der Waals surface area contributed by atoms with E-state index in [-0.39, 0.29) is 6.61 Å². The predicted octanol–water partition coefficient (Wildman–Crippen LogP) is 1.18. The van der Waals surface area contributed by atoms with Gasteiger partial charge in [-0.05, 0) is 59.3 Å². The van der Waals surface area contributed by atoms with Crippen molar-refractivity contribution < 1.29 is 5.11 Å². The van der Waals surface area contributed by atoms with Crippen LogP contribution in [0.3, 0.4) is 0 Å². The van der Waals surface area contributed by atoms with Gasteiger partial charge in [0.15, 0.2) is 0 Å². The maximum Gasteiger partial charge on any atom is 0.0558 e. The summed E-state index contributed by atoms with van der Waals surface area (Å²) in [6, 6.07) is 0.552. The van der Waals surface area contributed by atoms with Gasteiger partial charge in [0.2, 0.25) is 0 Å². The lowest BCUT2D eigenvalue weighted by Gasteiger charge is -2.26. The average molecular weight is 214 g/mol. The lowest BCUT2D eigenvalue weighted by atomic mass is 10.2. The van der Waals surface area contributed by atoms with Crippen molar-refractivity contribution in [2.75, 3.05) is 39.3 Å². The molecule has 3 heteroatoms. The number of aliphatic hydroxyl groups is 1. The van der Waals surface area contributed by atoms with Gasteiger partial charge in [-0.15, -0.1) is 0 Å². The molecule has 0 bridgehead atoms. The van der Waals surface area contributed by atoms with Crippen LogP contribution < -0.4 is 0 Å². The Bertz CT molecular complexity index is 156. The quantitative estimate of drug-likeness (QED) is 0.689. The van der Waals surface area contributed by atoms with Crippen LogP contribution in [0.5, 0.6) is 0 Å². The molecular weight excluding hydrogens is 188 g/mol. The van der Waals surface area contributed by atoms with E-state index in [2.05, 4.69) is 23.6 Å². The third kappa shape index (κ3) is 4.96. The zero-order valence-electron chi connectivity index (χ0n) is 10.3. The van der Waals surface area contributed by atoms with E-state index >= 15 is 0 Å². The van der Waals surface area contributed by atoms with E-state index in [1.807, 2.05) is 0 Å². The molecule has 0 amide bonds. The smallest absolute Gasteiger partial charge is 0.0558 e. The Morgan fingerprint density at radius 2 is 1.87 bits per heavy atom. The third-order valence-corrected chi connectivity index (χ3v) is 3.24. The van der Waals surface area contributed by atoms with Crippen molar-refractivity contribution in [1.29, 1.82) is 0 Å². The molecule has 15 heavy (non-hydrogen) atoms. The summed E-state index contributed by atoms with van der Waals surface area (Å²) in [6.45, 7) is 10.4. The molecule has 0 aromatic carbocycles. The van der Waals surface area contributed by atoms with Gasteiger partial charge in [0.05, 0.1) is 6.61 Å². The van der Waals surface area contributed by atoms with Crippen LogP contribution in [0.4, 0.5) is 0 Å². The maximum atomic E-state index is 8.94. The van der Waals surface area contributed by atoms with E-state index in [0.717, 1.165) is 13.1 Å². The number of hydrogen-bond donors (Lipinski definition) is 1. The summed E-state index contributed by atoms with van der Waals surface area (Å²) in [5.74, 6) is 0. The largest absolute Gasteiger partial charge is 0.395 e. The molecule has 0 aromatic heterocycles. The summed E-state index contributed by atoms with van der Waals surface area (Å²) in [5, 5.41) is 8.94. The number of likely N-dealkylation sites (tertiary alicyclic amines) is 1. The van der Waals surface area contributed by atoms with Gasteiger partial charge >= 0.3 is 0 Å². The fraction of sp³-hybridized carbons (Fsp3) is 1.00. The highest BCUT2D eigenvalue weighted by molar-refractivity contribution is 4.68. The molecule has 1 aliphatic heterocycles.